The molecule has 28 heavy (non-hydrogen) atoms. The standard InChI is InChI=1S/C21H20N4OS2/c1-11-5-6-15(12(2)7-11)25-16(26)9-27-21-19-18(22-10-23-21)17-13(3)8-14(4)24-20(17)28-19/h5-8,10H,9H2,1-4H3,(H,25,26). The van der Waals surface area contributed by atoms with E-state index in [1.54, 1.807) is 17.7 Å². The number of thiophene rings is 1. The number of rotatable bonds is 4. The Hall–Kier alpha value is -2.51. The average molecular weight is 409 g/mol. The summed E-state index contributed by atoms with van der Waals surface area (Å²) in [5.74, 6) is 0.244. The topological polar surface area (TPSA) is 67.8 Å². The Labute approximate surface area is 171 Å². The molecule has 1 N–H and O–H groups in total. The van der Waals surface area contributed by atoms with Crippen LogP contribution in [0.4, 0.5) is 5.69 Å². The van der Waals surface area contributed by atoms with E-state index in [0.717, 1.165) is 48.0 Å². The number of carbonyl (C=O) groups is 1. The number of aromatic nitrogens is 3. The SMILES string of the molecule is Cc1ccc(NC(=O)CSc2ncnc3c2sc2nc(C)cc(C)c23)c(C)c1. The third-order valence-corrected chi connectivity index (χ3v) is 6.71. The lowest BCUT2D eigenvalue weighted by Crippen LogP contribution is -2.15. The first kappa shape index (κ1) is 18.8. The largest absolute Gasteiger partial charge is 0.325 e. The molecular weight excluding hydrogens is 388 g/mol. The Morgan fingerprint density at radius 2 is 1.93 bits per heavy atom. The first-order valence-corrected chi connectivity index (χ1v) is 10.7. The van der Waals surface area contributed by atoms with Crippen LogP contribution in [0.2, 0.25) is 0 Å². The number of nitrogens with zero attached hydrogens (tertiary/aromatic N) is 3. The Morgan fingerprint density at radius 3 is 2.71 bits per heavy atom. The van der Waals surface area contributed by atoms with Crippen molar-refractivity contribution in [1.82, 2.24) is 15.0 Å². The van der Waals surface area contributed by atoms with E-state index in [1.165, 1.54) is 17.3 Å². The Kier molecular flexibility index (Phi) is 5.03. The third kappa shape index (κ3) is 3.59. The average Bonchev–Trinajstić information content (AvgIpc) is 3.01. The van der Waals surface area contributed by atoms with Crippen LogP contribution in [-0.4, -0.2) is 26.6 Å². The van der Waals surface area contributed by atoms with Crippen LogP contribution in [0, 0.1) is 27.7 Å². The van der Waals surface area contributed by atoms with Crippen molar-refractivity contribution in [2.75, 3.05) is 11.1 Å². The molecule has 5 nitrogen and oxygen atoms in total. The molecule has 0 bridgehead atoms. The molecule has 0 spiro atoms. The van der Waals surface area contributed by atoms with Crippen LogP contribution >= 0.6 is 23.1 Å². The minimum Gasteiger partial charge on any atom is -0.325 e. The van der Waals surface area contributed by atoms with Gasteiger partial charge in [0.15, 0.2) is 0 Å². The van der Waals surface area contributed by atoms with Crippen molar-refractivity contribution in [2.45, 2.75) is 32.7 Å². The van der Waals surface area contributed by atoms with E-state index in [1.807, 2.05) is 32.9 Å². The monoisotopic (exact) mass is 408 g/mol. The lowest BCUT2D eigenvalue weighted by molar-refractivity contribution is -0.113. The summed E-state index contributed by atoms with van der Waals surface area (Å²) in [4.78, 5) is 27.0. The zero-order valence-corrected chi connectivity index (χ0v) is 17.8. The van der Waals surface area contributed by atoms with Gasteiger partial charge in [-0.05, 0) is 51.0 Å². The summed E-state index contributed by atoms with van der Waals surface area (Å²) < 4.78 is 0.989. The molecule has 7 heteroatoms. The minimum atomic E-state index is -0.0463. The van der Waals surface area contributed by atoms with Gasteiger partial charge in [-0.25, -0.2) is 15.0 Å². The van der Waals surface area contributed by atoms with Crippen LogP contribution in [0.3, 0.4) is 0 Å². The van der Waals surface area contributed by atoms with Crippen LogP contribution < -0.4 is 5.32 Å². The fourth-order valence-electron chi connectivity index (χ4n) is 3.27. The van der Waals surface area contributed by atoms with Crippen molar-refractivity contribution in [3.05, 3.63) is 53.0 Å². The molecular formula is C21H20N4OS2. The summed E-state index contributed by atoms with van der Waals surface area (Å²) in [5.41, 5.74) is 6.15. The van der Waals surface area contributed by atoms with Gasteiger partial charge in [0.2, 0.25) is 5.91 Å². The molecule has 142 valence electrons. The molecule has 0 saturated carbocycles. The zero-order chi connectivity index (χ0) is 19.8. The molecule has 0 aliphatic heterocycles. The Morgan fingerprint density at radius 1 is 1.11 bits per heavy atom. The van der Waals surface area contributed by atoms with Crippen LogP contribution in [0.15, 0.2) is 35.6 Å². The Balaban J connectivity index is 1.58. The van der Waals surface area contributed by atoms with E-state index >= 15 is 0 Å². The number of pyridine rings is 1. The molecule has 0 radical (unpaired) electrons. The van der Waals surface area contributed by atoms with Gasteiger partial charge in [0, 0.05) is 16.8 Å². The number of thioether (sulfide) groups is 1. The van der Waals surface area contributed by atoms with E-state index < -0.39 is 0 Å². The maximum absolute atomic E-state index is 12.4. The summed E-state index contributed by atoms with van der Waals surface area (Å²) in [6, 6.07) is 8.07. The number of fused-ring (bicyclic) bond motifs is 3. The maximum Gasteiger partial charge on any atom is 0.234 e. The summed E-state index contributed by atoms with van der Waals surface area (Å²) in [6.45, 7) is 8.11. The van der Waals surface area contributed by atoms with Crippen molar-refractivity contribution in [3.63, 3.8) is 0 Å². The molecule has 1 aromatic carbocycles. The lowest BCUT2D eigenvalue weighted by Gasteiger charge is -2.09. The van der Waals surface area contributed by atoms with Gasteiger partial charge in [-0.3, -0.25) is 4.79 Å². The second-order valence-electron chi connectivity index (χ2n) is 6.87. The number of hydrogen-bond acceptors (Lipinski definition) is 6. The fraction of sp³-hybridized carbons (Fsp3) is 0.238. The van der Waals surface area contributed by atoms with Gasteiger partial charge in [0.05, 0.1) is 16.0 Å². The van der Waals surface area contributed by atoms with Crippen molar-refractivity contribution >= 4 is 55.1 Å². The zero-order valence-electron chi connectivity index (χ0n) is 16.2. The highest BCUT2D eigenvalue weighted by Crippen LogP contribution is 2.37. The first-order valence-electron chi connectivity index (χ1n) is 8.93. The van der Waals surface area contributed by atoms with Crippen molar-refractivity contribution in [3.8, 4) is 0 Å². The predicted octanol–water partition coefficient (Wildman–Crippen LogP) is 5.20. The van der Waals surface area contributed by atoms with Crippen LogP contribution in [0.25, 0.3) is 20.4 Å². The smallest absolute Gasteiger partial charge is 0.234 e. The minimum absolute atomic E-state index is 0.0463. The van der Waals surface area contributed by atoms with Gasteiger partial charge in [-0.15, -0.1) is 11.3 Å². The number of benzene rings is 1. The molecule has 0 atom stereocenters. The van der Waals surface area contributed by atoms with Gasteiger partial charge in [0.1, 0.15) is 16.2 Å². The molecule has 0 saturated heterocycles. The molecule has 0 unspecified atom stereocenters. The summed E-state index contributed by atoms with van der Waals surface area (Å²) in [7, 11) is 0. The highest BCUT2D eigenvalue weighted by Gasteiger charge is 2.16. The normalized spacial score (nSPS) is 11.3. The van der Waals surface area contributed by atoms with Gasteiger partial charge in [-0.1, -0.05) is 29.5 Å². The lowest BCUT2D eigenvalue weighted by atomic mass is 10.1. The number of aryl methyl sites for hydroxylation is 4. The summed E-state index contributed by atoms with van der Waals surface area (Å²) in [5, 5.41) is 4.89. The molecule has 4 aromatic rings. The van der Waals surface area contributed by atoms with Crippen LogP contribution in [0.1, 0.15) is 22.4 Å². The molecule has 3 aromatic heterocycles. The van der Waals surface area contributed by atoms with Gasteiger partial charge < -0.3 is 5.32 Å². The quantitative estimate of drug-likeness (QED) is 0.371. The van der Waals surface area contributed by atoms with Crippen molar-refractivity contribution in [1.29, 1.82) is 0 Å². The van der Waals surface area contributed by atoms with Gasteiger partial charge in [-0.2, -0.15) is 0 Å². The van der Waals surface area contributed by atoms with Crippen LogP contribution in [0.5, 0.6) is 0 Å². The number of hydrogen-bond donors (Lipinski definition) is 1. The first-order chi connectivity index (χ1) is 13.4. The third-order valence-electron chi connectivity index (χ3n) is 4.51. The molecule has 0 aliphatic carbocycles. The molecule has 1 amide bonds. The molecule has 3 heterocycles. The summed E-state index contributed by atoms with van der Waals surface area (Å²) in [6.07, 6.45) is 1.57. The van der Waals surface area contributed by atoms with E-state index in [9.17, 15) is 4.79 Å². The molecule has 0 fully saturated rings. The van der Waals surface area contributed by atoms with Gasteiger partial charge >= 0.3 is 0 Å². The highest BCUT2D eigenvalue weighted by atomic mass is 32.2. The van der Waals surface area contributed by atoms with Gasteiger partial charge in [0.25, 0.3) is 0 Å². The number of carbonyl (C=O) groups excluding carboxylic acids is 1. The second-order valence-corrected chi connectivity index (χ2v) is 8.84. The number of amides is 1. The van der Waals surface area contributed by atoms with E-state index in [4.69, 9.17) is 0 Å². The fourth-order valence-corrected chi connectivity index (χ4v) is 5.39. The molecule has 0 aliphatic rings. The Bertz CT molecular complexity index is 1220. The van der Waals surface area contributed by atoms with Crippen molar-refractivity contribution in [2.24, 2.45) is 0 Å². The van der Waals surface area contributed by atoms with E-state index in [2.05, 4.69) is 39.3 Å². The van der Waals surface area contributed by atoms with Crippen molar-refractivity contribution < 1.29 is 4.79 Å². The number of nitrogens with one attached hydrogen (secondary N) is 1. The molecule has 4 rings (SSSR count). The second kappa shape index (κ2) is 7.48. The van der Waals surface area contributed by atoms with E-state index in [0.29, 0.717) is 5.75 Å². The maximum atomic E-state index is 12.4. The predicted molar refractivity (Wildman–Crippen MR) is 117 cm³/mol. The summed E-state index contributed by atoms with van der Waals surface area (Å²) >= 11 is 3.02. The van der Waals surface area contributed by atoms with E-state index in [-0.39, 0.29) is 5.91 Å². The number of anilines is 1. The van der Waals surface area contributed by atoms with Crippen LogP contribution in [-0.2, 0) is 4.79 Å². The highest BCUT2D eigenvalue weighted by molar-refractivity contribution is 8.00.